The van der Waals surface area contributed by atoms with Crippen molar-refractivity contribution in [3.8, 4) is 0 Å². The van der Waals surface area contributed by atoms with Gasteiger partial charge >= 0.3 is 6.18 Å². The number of halogens is 4. The van der Waals surface area contributed by atoms with Gasteiger partial charge in [-0.1, -0.05) is 30.3 Å². The van der Waals surface area contributed by atoms with Gasteiger partial charge in [0, 0.05) is 10.1 Å². The predicted molar refractivity (Wildman–Crippen MR) is 123 cm³/mol. The van der Waals surface area contributed by atoms with Crippen LogP contribution in [0, 0.1) is 3.57 Å². The quantitative estimate of drug-likeness (QED) is 0.412. The fraction of sp³-hybridized carbons (Fsp3) is 0.136. The number of sulfonamides is 1. The number of hydrogen-bond donors (Lipinski definition) is 1. The Labute approximate surface area is 197 Å². The Morgan fingerprint density at radius 1 is 0.938 bits per heavy atom. The molecule has 3 rings (SSSR count). The van der Waals surface area contributed by atoms with Gasteiger partial charge in [0.15, 0.2) is 0 Å². The first kappa shape index (κ1) is 24.1. The van der Waals surface area contributed by atoms with Crippen LogP contribution in [0.5, 0.6) is 0 Å². The second kappa shape index (κ2) is 9.90. The van der Waals surface area contributed by atoms with E-state index in [1.54, 1.807) is 42.5 Å². The van der Waals surface area contributed by atoms with Crippen LogP contribution in [0.4, 0.5) is 18.9 Å². The van der Waals surface area contributed by atoms with Crippen molar-refractivity contribution < 1.29 is 26.4 Å². The smallest absolute Gasteiger partial charge is 0.350 e. The summed E-state index contributed by atoms with van der Waals surface area (Å²) in [5, 5.41) is 2.50. The number of nitrogens with zero attached hydrogens (tertiary/aromatic N) is 1. The van der Waals surface area contributed by atoms with Crippen molar-refractivity contribution in [2.75, 3.05) is 10.8 Å². The molecule has 0 aromatic heterocycles. The monoisotopic (exact) mass is 574 g/mol. The van der Waals surface area contributed by atoms with Crippen LogP contribution < -0.4 is 9.62 Å². The number of hydrogen-bond acceptors (Lipinski definition) is 3. The lowest BCUT2D eigenvalue weighted by Gasteiger charge is -2.24. The van der Waals surface area contributed by atoms with Crippen molar-refractivity contribution in [2.24, 2.45) is 0 Å². The number of carbonyl (C=O) groups excluding carboxylic acids is 1. The van der Waals surface area contributed by atoms with Crippen molar-refractivity contribution >= 4 is 44.2 Å². The largest absolute Gasteiger partial charge is 0.416 e. The summed E-state index contributed by atoms with van der Waals surface area (Å²) in [5.74, 6) is -0.652. The first-order valence-corrected chi connectivity index (χ1v) is 11.9. The molecule has 0 saturated carbocycles. The molecule has 1 N–H and O–H groups in total. The Kier molecular flexibility index (Phi) is 7.44. The average Bonchev–Trinajstić information content (AvgIpc) is 2.77. The topological polar surface area (TPSA) is 66.5 Å². The molecule has 0 aliphatic carbocycles. The Morgan fingerprint density at radius 2 is 1.59 bits per heavy atom. The third-order valence-corrected chi connectivity index (χ3v) is 6.98. The van der Waals surface area contributed by atoms with Crippen molar-refractivity contribution in [2.45, 2.75) is 17.6 Å². The number of anilines is 1. The number of nitrogens with one attached hydrogen (secondary N) is 1. The molecule has 168 valence electrons. The van der Waals surface area contributed by atoms with Crippen LogP contribution in [0.15, 0.2) is 83.8 Å². The fourth-order valence-electron chi connectivity index (χ4n) is 2.89. The highest BCUT2D eigenvalue weighted by atomic mass is 127. The molecule has 0 unspecified atom stereocenters. The summed E-state index contributed by atoms with van der Waals surface area (Å²) in [5.41, 5.74) is -0.278. The molecule has 5 nitrogen and oxygen atoms in total. The van der Waals surface area contributed by atoms with Crippen molar-refractivity contribution in [3.05, 3.63) is 93.6 Å². The molecule has 0 bridgehead atoms. The third kappa shape index (κ3) is 6.00. The Morgan fingerprint density at radius 3 is 2.22 bits per heavy atom. The average molecular weight is 574 g/mol. The lowest BCUT2D eigenvalue weighted by molar-refractivity contribution is -0.137. The van der Waals surface area contributed by atoms with E-state index < -0.39 is 34.2 Å². The molecule has 0 spiro atoms. The Balaban J connectivity index is 1.81. The summed E-state index contributed by atoms with van der Waals surface area (Å²) < 4.78 is 66.9. The summed E-state index contributed by atoms with van der Waals surface area (Å²) in [6, 6.07) is 18.9. The third-order valence-electron chi connectivity index (χ3n) is 4.48. The van der Waals surface area contributed by atoms with Crippen LogP contribution >= 0.6 is 22.6 Å². The van der Waals surface area contributed by atoms with Crippen molar-refractivity contribution in [1.29, 1.82) is 0 Å². The van der Waals surface area contributed by atoms with Crippen LogP contribution in [-0.4, -0.2) is 20.9 Å². The number of benzene rings is 3. The zero-order valence-electron chi connectivity index (χ0n) is 16.5. The van der Waals surface area contributed by atoms with Crippen LogP contribution in [0.2, 0.25) is 0 Å². The highest BCUT2D eigenvalue weighted by Crippen LogP contribution is 2.29. The molecule has 0 fully saturated rings. The lowest BCUT2D eigenvalue weighted by Crippen LogP contribution is -2.40. The Bertz CT molecular complexity index is 1190. The molecule has 3 aromatic rings. The van der Waals surface area contributed by atoms with Crippen LogP contribution in [0.3, 0.4) is 0 Å². The number of alkyl halides is 3. The van der Waals surface area contributed by atoms with Gasteiger partial charge in [-0.05, 0) is 76.7 Å². The molecular weight excluding hydrogens is 556 g/mol. The lowest BCUT2D eigenvalue weighted by atomic mass is 10.1. The minimum absolute atomic E-state index is 0.0178. The van der Waals surface area contributed by atoms with E-state index in [1.165, 1.54) is 24.3 Å². The van der Waals surface area contributed by atoms with E-state index in [9.17, 15) is 26.4 Å². The van der Waals surface area contributed by atoms with E-state index in [4.69, 9.17) is 0 Å². The van der Waals surface area contributed by atoms with Gasteiger partial charge in [-0.25, -0.2) is 8.42 Å². The van der Waals surface area contributed by atoms with Gasteiger partial charge in [-0.15, -0.1) is 0 Å². The summed E-state index contributed by atoms with van der Waals surface area (Å²) in [7, 11) is -4.05. The molecule has 0 aliphatic rings. The Hall–Kier alpha value is -2.60. The fourth-order valence-corrected chi connectivity index (χ4v) is 4.69. The summed E-state index contributed by atoms with van der Waals surface area (Å²) in [6.45, 7) is -0.703. The zero-order chi connectivity index (χ0) is 23.4. The van der Waals surface area contributed by atoms with Crippen molar-refractivity contribution in [3.63, 3.8) is 0 Å². The maximum absolute atomic E-state index is 13.2. The molecule has 0 heterocycles. The highest BCUT2D eigenvalue weighted by molar-refractivity contribution is 14.1. The van der Waals surface area contributed by atoms with Gasteiger partial charge in [-0.3, -0.25) is 9.10 Å². The number of rotatable bonds is 7. The minimum Gasteiger partial charge on any atom is -0.350 e. The maximum Gasteiger partial charge on any atom is 0.416 e. The van der Waals surface area contributed by atoms with E-state index in [1.807, 2.05) is 0 Å². The van der Waals surface area contributed by atoms with E-state index >= 15 is 0 Å². The second-order valence-electron chi connectivity index (χ2n) is 6.78. The summed E-state index contributed by atoms with van der Waals surface area (Å²) >= 11 is 2.08. The van der Waals surface area contributed by atoms with Gasteiger partial charge in [0.05, 0.1) is 16.1 Å². The van der Waals surface area contributed by atoms with E-state index in [0.29, 0.717) is 5.69 Å². The molecule has 10 heteroatoms. The second-order valence-corrected chi connectivity index (χ2v) is 9.88. The summed E-state index contributed by atoms with van der Waals surface area (Å²) in [6.07, 6.45) is -4.49. The van der Waals surface area contributed by atoms with E-state index in [0.717, 1.165) is 20.0 Å². The standard InChI is InChI=1S/C22H18F3IN2O3S/c23-22(24,25)17-6-4-5-16(13-17)14-27-21(29)15-28(19-11-9-18(26)10-12-19)32(30,31)20-7-2-1-3-8-20/h1-13H,14-15H2,(H,27,29). The molecular formula is C22H18F3IN2O3S. The van der Waals surface area contributed by atoms with E-state index in [-0.39, 0.29) is 17.0 Å². The molecule has 1 amide bonds. The number of carbonyl (C=O) groups is 1. The molecule has 0 atom stereocenters. The zero-order valence-corrected chi connectivity index (χ0v) is 19.5. The first-order valence-electron chi connectivity index (χ1n) is 9.33. The van der Waals surface area contributed by atoms with Gasteiger partial charge in [-0.2, -0.15) is 13.2 Å². The van der Waals surface area contributed by atoms with Gasteiger partial charge in [0.25, 0.3) is 10.0 Å². The van der Waals surface area contributed by atoms with Gasteiger partial charge in [0.1, 0.15) is 6.54 Å². The predicted octanol–water partition coefficient (Wildman–Crippen LogP) is 4.82. The van der Waals surface area contributed by atoms with Crippen molar-refractivity contribution in [1.82, 2.24) is 5.32 Å². The first-order chi connectivity index (χ1) is 15.1. The van der Waals surface area contributed by atoms with Gasteiger partial charge < -0.3 is 5.32 Å². The van der Waals surface area contributed by atoms with Crippen LogP contribution in [0.1, 0.15) is 11.1 Å². The molecule has 3 aromatic carbocycles. The molecule has 0 radical (unpaired) electrons. The molecule has 32 heavy (non-hydrogen) atoms. The highest BCUT2D eigenvalue weighted by Gasteiger charge is 2.30. The van der Waals surface area contributed by atoms with E-state index in [2.05, 4.69) is 27.9 Å². The maximum atomic E-state index is 13.2. The van der Waals surface area contributed by atoms with Crippen LogP contribution in [0.25, 0.3) is 0 Å². The minimum atomic E-state index is -4.49. The molecule has 0 saturated heterocycles. The number of amides is 1. The molecule has 0 aliphatic heterocycles. The normalized spacial score (nSPS) is 11.8. The SMILES string of the molecule is O=C(CN(c1ccc(I)cc1)S(=O)(=O)c1ccccc1)NCc1cccc(C(F)(F)F)c1. The van der Waals surface area contributed by atoms with Crippen LogP contribution in [-0.2, 0) is 27.5 Å². The summed E-state index contributed by atoms with van der Waals surface area (Å²) in [4.78, 5) is 12.6. The van der Waals surface area contributed by atoms with Gasteiger partial charge in [0.2, 0.25) is 5.91 Å².